The molecule has 4 heteroatoms. The quantitative estimate of drug-likeness (QED) is 0.609. The maximum absolute atomic E-state index is 5.87. The molecule has 0 heterocycles. The molecule has 0 unspecified atom stereocenters. The van der Waals surface area contributed by atoms with Crippen molar-refractivity contribution in [1.29, 1.82) is 0 Å². The number of hydrogen-bond acceptors (Lipinski definition) is 2. The Balaban J connectivity index is 1.70. The summed E-state index contributed by atoms with van der Waals surface area (Å²) in [4.78, 5) is 4.34. The van der Waals surface area contributed by atoms with Crippen LogP contribution in [0.15, 0.2) is 59.6 Å². The Labute approximate surface area is 132 Å². The molecule has 0 amide bonds. The highest BCUT2D eigenvalue weighted by Gasteiger charge is 1.97. The van der Waals surface area contributed by atoms with Crippen LogP contribution in [0.5, 0.6) is 5.75 Å². The van der Waals surface area contributed by atoms with Crippen molar-refractivity contribution in [3.63, 3.8) is 0 Å². The van der Waals surface area contributed by atoms with Crippen LogP contribution in [-0.4, -0.2) is 26.2 Å². The molecule has 0 spiro atoms. The summed E-state index contributed by atoms with van der Waals surface area (Å²) in [6.45, 7) is 1.45. The first-order valence-electron chi connectivity index (χ1n) is 7.48. The maximum Gasteiger partial charge on any atom is 0.188 e. The van der Waals surface area contributed by atoms with Gasteiger partial charge in [-0.15, -0.1) is 0 Å². The van der Waals surface area contributed by atoms with Crippen LogP contribution in [0.25, 0.3) is 0 Å². The number of guanidine groups is 1. The van der Waals surface area contributed by atoms with Gasteiger partial charge in [0.15, 0.2) is 5.96 Å². The van der Waals surface area contributed by atoms with Gasteiger partial charge in [0.05, 0.1) is 7.11 Å². The molecule has 116 valence electrons. The summed E-state index contributed by atoms with van der Waals surface area (Å²) in [6.07, 6.45) is 1.78. The molecule has 4 nitrogen and oxygen atoms in total. The summed E-state index contributed by atoms with van der Waals surface area (Å²) < 4.78 is 5.21. The standard InChI is InChI=1S/C18H23N3O/c1-22-17-9-5-8-16(14-17)11-13-21-18(19)20-12-10-15-6-3-2-4-7-15/h2-9,14H,10-13H2,1H3,(H3,19,20,21). The zero-order valence-corrected chi connectivity index (χ0v) is 13.0. The highest BCUT2D eigenvalue weighted by atomic mass is 16.5. The molecule has 0 fully saturated rings. The van der Waals surface area contributed by atoms with Crippen molar-refractivity contribution >= 4 is 5.96 Å². The first kappa shape index (κ1) is 15.9. The summed E-state index contributed by atoms with van der Waals surface area (Å²) in [6, 6.07) is 18.3. The van der Waals surface area contributed by atoms with E-state index in [-0.39, 0.29) is 0 Å². The van der Waals surface area contributed by atoms with Crippen LogP contribution in [0.2, 0.25) is 0 Å². The molecule has 2 aromatic rings. The van der Waals surface area contributed by atoms with E-state index >= 15 is 0 Å². The second-order valence-electron chi connectivity index (χ2n) is 5.03. The molecule has 0 bridgehead atoms. The first-order chi connectivity index (χ1) is 10.8. The Morgan fingerprint density at radius 3 is 2.59 bits per heavy atom. The fourth-order valence-corrected chi connectivity index (χ4v) is 2.17. The van der Waals surface area contributed by atoms with Crippen LogP contribution in [0.3, 0.4) is 0 Å². The van der Waals surface area contributed by atoms with Crippen molar-refractivity contribution in [2.45, 2.75) is 12.8 Å². The van der Waals surface area contributed by atoms with Crippen LogP contribution >= 0.6 is 0 Å². The Kier molecular flexibility index (Phi) is 6.30. The summed E-state index contributed by atoms with van der Waals surface area (Å²) in [5, 5.41) is 3.14. The van der Waals surface area contributed by atoms with Gasteiger partial charge in [-0.05, 0) is 36.1 Å². The number of aliphatic imine (C=N–C) groups is 1. The molecule has 0 saturated heterocycles. The number of ether oxygens (including phenoxy) is 1. The normalized spacial score (nSPS) is 11.2. The monoisotopic (exact) mass is 297 g/mol. The third-order valence-electron chi connectivity index (χ3n) is 3.38. The molecule has 2 aromatic carbocycles. The smallest absolute Gasteiger partial charge is 0.188 e. The number of benzene rings is 2. The third-order valence-corrected chi connectivity index (χ3v) is 3.38. The van der Waals surface area contributed by atoms with Crippen LogP contribution in [0.1, 0.15) is 11.1 Å². The van der Waals surface area contributed by atoms with Gasteiger partial charge in [-0.2, -0.15) is 0 Å². The van der Waals surface area contributed by atoms with Gasteiger partial charge in [-0.25, -0.2) is 0 Å². The second kappa shape index (κ2) is 8.72. The zero-order valence-electron chi connectivity index (χ0n) is 13.0. The first-order valence-corrected chi connectivity index (χ1v) is 7.48. The van der Waals surface area contributed by atoms with Crippen molar-refractivity contribution in [1.82, 2.24) is 5.32 Å². The SMILES string of the molecule is COc1cccc(CCNC(N)=NCCc2ccccc2)c1. The van der Waals surface area contributed by atoms with E-state index in [0.717, 1.165) is 25.1 Å². The number of methoxy groups -OCH3 is 1. The van der Waals surface area contributed by atoms with E-state index in [4.69, 9.17) is 10.5 Å². The topological polar surface area (TPSA) is 59.6 Å². The van der Waals surface area contributed by atoms with Gasteiger partial charge in [0.1, 0.15) is 5.75 Å². The van der Waals surface area contributed by atoms with E-state index in [9.17, 15) is 0 Å². The molecule has 0 aromatic heterocycles. The van der Waals surface area contributed by atoms with Crippen molar-refractivity contribution in [2.24, 2.45) is 10.7 Å². The molecule has 0 aliphatic carbocycles. The second-order valence-corrected chi connectivity index (χ2v) is 5.03. The fraction of sp³-hybridized carbons (Fsp3) is 0.278. The Morgan fingerprint density at radius 1 is 1.05 bits per heavy atom. The molecule has 2 rings (SSSR count). The molecule has 0 radical (unpaired) electrons. The molecule has 0 aliphatic rings. The maximum atomic E-state index is 5.87. The van der Waals surface area contributed by atoms with Crippen LogP contribution in [0, 0.1) is 0 Å². The average Bonchev–Trinajstić information content (AvgIpc) is 2.56. The summed E-state index contributed by atoms with van der Waals surface area (Å²) >= 11 is 0. The van der Waals surface area contributed by atoms with Gasteiger partial charge < -0.3 is 15.8 Å². The van der Waals surface area contributed by atoms with Gasteiger partial charge in [-0.3, -0.25) is 4.99 Å². The van der Waals surface area contributed by atoms with Crippen LogP contribution in [-0.2, 0) is 12.8 Å². The Morgan fingerprint density at radius 2 is 1.82 bits per heavy atom. The average molecular weight is 297 g/mol. The number of nitrogens with zero attached hydrogens (tertiary/aromatic N) is 1. The zero-order chi connectivity index (χ0) is 15.6. The predicted octanol–water partition coefficient (Wildman–Crippen LogP) is 2.38. The van der Waals surface area contributed by atoms with E-state index in [1.54, 1.807) is 7.11 Å². The van der Waals surface area contributed by atoms with Gasteiger partial charge in [-0.1, -0.05) is 42.5 Å². The van der Waals surface area contributed by atoms with Gasteiger partial charge in [0.25, 0.3) is 0 Å². The predicted molar refractivity (Wildman–Crippen MR) is 91.3 cm³/mol. The minimum absolute atomic E-state index is 0.499. The van der Waals surface area contributed by atoms with Crippen molar-refractivity contribution in [3.05, 3.63) is 65.7 Å². The highest BCUT2D eigenvalue weighted by molar-refractivity contribution is 5.77. The largest absolute Gasteiger partial charge is 0.497 e. The highest BCUT2D eigenvalue weighted by Crippen LogP contribution is 2.12. The van der Waals surface area contributed by atoms with Crippen molar-refractivity contribution < 1.29 is 4.74 Å². The summed E-state index contributed by atoms with van der Waals surface area (Å²) in [7, 11) is 1.68. The molecular formula is C18H23N3O. The molecule has 0 saturated carbocycles. The van der Waals surface area contributed by atoms with E-state index < -0.39 is 0 Å². The third kappa shape index (κ3) is 5.48. The number of nitrogens with two attached hydrogens (primary N) is 1. The van der Waals surface area contributed by atoms with E-state index in [1.165, 1.54) is 11.1 Å². The molecular weight excluding hydrogens is 274 g/mol. The van der Waals surface area contributed by atoms with Crippen molar-refractivity contribution in [3.8, 4) is 5.75 Å². The van der Waals surface area contributed by atoms with Crippen LogP contribution in [0.4, 0.5) is 0 Å². The van der Waals surface area contributed by atoms with Crippen LogP contribution < -0.4 is 15.8 Å². The Bertz CT molecular complexity index is 596. The number of rotatable bonds is 7. The molecule has 22 heavy (non-hydrogen) atoms. The lowest BCUT2D eigenvalue weighted by atomic mass is 10.1. The van der Waals surface area contributed by atoms with Gasteiger partial charge in [0, 0.05) is 13.1 Å². The minimum atomic E-state index is 0.499. The van der Waals surface area contributed by atoms with Gasteiger partial charge in [0.2, 0.25) is 0 Å². The van der Waals surface area contributed by atoms with E-state index in [2.05, 4.69) is 28.5 Å². The lowest BCUT2D eigenvalue weighted by Gasteiger charge is -2.07. The summed E-state index contributed by atoms with van der Waals surface area (Å²) in [5.41, 5.74) is 8.36. The summed E-state index contributed by atoms with van der Waals surface area (Å²) in [5.74, 6) is 1.38. The number of hydrogen-bond donors (Lipinski definition) is 2. The molecule has 0 aliphatic heterocycles. The number of nitrogens with one attached hydrogen (secondary N) is 1. The van der Waals surface area contributed by atoms with Crippen molar-refractivity contribution in [2.75, 3.05) is 20.2 Å². The van der Waals surface area contributed by atoms with Gasteiger partial charge >= 0.3 is 0 Å². The van der Waals surface area contributed by atoms with E-state index in [1.807, 2.05) is 36.4 Å². The fourth-order valence-electron chi connectivity index (χ4n) is 2.17. The lowest BCUT2D eigenvalue weighted by molar-refractivity contribution is 0.414. The molecule has 0 atom stereocenters. The Hall–Kier alpha value is -2.49. The lowest BCUT2D eigenvalue weighted by Crippen LogP contribution is -2.33. The molecule has 3 N–H and O–H groups in total. The minimum Gasteiger partial charge on any atom is -0.497 e. The van der Waals surface area contributed by atoms with E-state index in [0.29, 0.717) is 12.5 Å².